The average Bonchev–Trinajstić information content (AvgIpc) is 3.35. The summed E-state index contributed by atoms with van der Waals surface area (Å²) in [6.45, 7) is 6.11. The number of likely N-dealkylation sites (tertiary alicyclic amines) is 1. The van der Waals surface area contributed by atoms with Crippen molar-refractivity contribution in [3.63, 3.8) is 0 Å². The van der Waals surface area contributed by atoms with E-state index in [-0.39, 0.29) is 29.2 Å². The third-order valence-corrected chi connectivity index (χ3v) is 4.82. The average molecular weight is 386 g/mol. The maximum atomic E-state index is 12.2. The number of carbonyl (C=O) groups is 1. The number of benzene rings is 1. The Hall–Kier alpha value is -2.87. The first-order valence-electron chi connectivity index (χ1n) is 9.56. The molecule has 1 aromatic carbocycles. The summed E-state index contributed by atoms with van der Waals surface area (Å²) >= 11 is 0. The van der Waals surface area contributed by atoms with Crippen LogP contribution < -0.4 is 10.6 Å². The van der Waals surface area contributed by atoms with E-state index in [1.165, 1.54) is 6.07 Å². The molecular formula is C20H26N4O4. The summed E-state index contributed by atoms with van der Waals surface area (Å²) in [6.07, 6.45) is 3.91. The molecule has 0 spiro atoms. The SMILES string of the molecule is CC(C)NC(=O)c1ccc(NCC(c2ccco2)N2CCCC2)c([N+](=O)[O-])c1. The number of nitrogens with one attached hydrogen (secondary N) is 2. The second kappa shape index (κ2) is 8.88. The Morgan fingerprint density at radius 2 is 2.04 bits per heavy atom. The van der Waals surface area contributed by atoms with Gasteiger partial charge >= 0.3 is 0 Å². The summed E-state index contributed by atoms with van der Waals surface area (Å²) in [5, 5.41) is 17.5. The van der Waals surface area contributed by atoms with Gasteiger partial charge in [0, 0.05) is 24.2 Å². The first kappa shape index (κ1) is 19.9. The Labute approximate surface area is 164 Å². The number of anilines is 1. The van der Waals surface area contributed by atoms with E-state index < -0.39 is 4.92 Å². The Morgan fingerprint density at radius 3 is 2.64 bits per heavy atom. The number of nitro groups is 1. The van der Waals surface area contributed by atoms with Gasteiger partial charge in [0.2, 0.25) is 0 Å². The number of hydrogen-bond donors (Lipinski definition) is 2. The fourth-order valence-electron chi connectivity index (χ4n) is 3.47. The number of furan rings is 1. The van der Waals surface area contributed by atoms with Crippen LogP contribution in [0, 0.1) is 10.1 Å². The normalized spacial score (nSPS) is 15.5. The Kier molecular flexibility index (Phi) is 6.30. The highest BCUT2D eigenvalue weighted by Crippen LogP contribution is 2.29. The standard InChI is InChI=1S/C20H26N4O4/c1-14(2)22-20(25)15-7-8-16(17(12-15)24(26)27)21-13-18(19-6-5-11-28-19)23-9-3-4-10-23/h5-8,11-12,14,18,21H,3-4,9-10,13H2,1-2H3,(H,22,25). The van der Waals surface area contributed by atoms with Gasteiger partial charge in [0.25, 0.3) is 11.6 Å². The molecule has 0 bridgehead atoms. The van der Waals surface area contributed by atoms with E-state index in [1.54, 1.807) is 18.4 Å². The fraction of sp³-hybridized carbons (Fsp3) is 0.450. The minimum atomic E-state index is -0.466. The molecule has 1 atom stereocenters. The van der Waals surface area contributed by atoms with E-state index in [2.05, 4.69) is 15.5 Å². The van der Waals surface area contributed by atoms with Crippen LogP contribution >= 0.6 is 0 Å². The van der Waals surface area contributed by atoms with Crippen LogP contribution in [0.4, 0.5) is 11.4 Å². The van der Waals surface area contributed by atoms with Gasteiger partial charge in [-0.1, -0.05) is 0 Å². The smallest absolute Gasteiger partial charge is 0.293 e. The zero-order valence-electron chi connectivity index (χ0n) is 16.2. The number of hydrogen-bond acceptors (Lipinski definition) is 6. The highest BCUT2D eigenvalue weighted by molar-refractivity contribution is 5.95. The summed E-state index contributed by atoms with van der Waals surface area (Å²) < 4.78 is 5.59. The molecule has 1 fully saturated rings. The van der Waals surface area contributed by atoms with E-state index in [9.17, 15) is 14.9 Å². The van der Waals surface area contributed by atoms with Crippen molar-refractivity contribution in [1.29, 1.82) is 0 Å². The van der Waals surface area contributed by atoms with Gasteiger partial charge in [-0.25, -0.2) is 0 Å². The number of nitro benzene ring substituents is 1. The van der Waals surface area contributed by atoms with Crippen LogP contribution in [0.3, 0.4) is 0 Å². The second-order valence-corrected chi connectivity index (χ2v) is 7.27. The fourth-order valence-corrected chi connectivity index (χ4v) is 3.47. The van der Waals surface area contributed by atoms with Gasteiger partial charge in [-0.3, -0.25) is 19.8 Å². The molecule has 1 aromatic heterocycles. The number of rotatable bonds is 8. The van der Waals surface area contributed by atoms with Gasteiger partial charge in [0.1, 0.15) is 11.4 Å². The molecule has 8 nitrogen and oxygen atoms in total. The maximum Gasteiger partial charge on any atom is 0.293 e. The molecule has 150 valence electrons. The van der Waals surface area contributed by atoms with Crippen molar-refractivity contribution in [2.75, 3.05) is 25.0 Å². The summed E-state index contributed by atoms with van der Waals surface area (Å²) in [5.41, 5.74) is 0.547. The molecule has 3 rings (SSSR count). The van der Waals surface area contributed by atoms with Crippen LogP contribution in [0.2, 0.25) is 0 Å². The van der Waals surface area contributed by atoms with E-state index in [4.69, 9.17) is 4.42 Å². The quantitative estimate of drug-likeness (QED) is 0.531. The van der Waals surface area contributed by atoms with Crippen molar-refractivity contribution in [1.82, 2.24) is 10.2 Å². The summed E-state index contributed by atoms with van der Waals surface area (Å²) in [4.78, 5) is 25.6. The lowest BCUT2D eigenvalue weighted by molar-refractivity contribution is -0.384. The first-order valence-corrected chi connectivity index (χ1v) is 9.56. The van der Waals surface area contributed by atoms with E-state index in [0.717, 1.165) is 31.7 Å². The molecule has 1 unspecified atom stereocenters. The van der Waals surface area contributed by atoms with Crippen molar-refractivity contribution in [3.8, 4) is 0 Å². The van der Waals surface area contributed by atoms with Crippen LogP contribution in [-0.2, 0) is 0 Å². The molecule has 1 aliphatic heterocycles. The minimum Gasteiger partial charge on any atom is -0.468 e. The van der Waals surface area contributed by atoms with E-state index in [1.807, 2.05) is 26.0 Å². The lowest BCUT2D eigenvalue weighted by Gasteiger charge is -2.26. The van der Waals surface area contributed by atoms with Gasteiger partial charge in [-0.15, -0.1) is 0 Å². The van der Waals surface area contributed by atoms with Crippen LogP contribution in [-0.4, -0.2) is 41.4 Å². The van der Waals surface area contributed by atoms with Crippen molar-refractivity contribution in [2.24, 2.45) is 0 Å². The number of nitrogens with zero attached hydrogens (tertiary/aromatic N) is 2. The first-order chi connectivity index (χ1) is 13.5. The Balaban J connectivity index is 1.78. The number of carbonyl (C=O) groups excluding carboxylic acids is 1. The van der Waals surface area contributed by atoms with Crippen molar-refractivity contribution < 1.29 is 14.1 Å². The van der Waals surface area contributed by atoms with Gasteiger partial charge < -0.3 is 15.1 Å². The van der Waals surface area contributed by atoms with E-state index >= 15 is 0 Å². The molecule has 2 heterocycles. The van der Waals surface area contributed by atoms with Crippen molar-refractivity contribution in [3.05, 3.63) is 58.0 Å². The molecule has 2 aromatic rings. The molecule has 1 saturated heterocycles. The molecule has 0 aliphatic carbocycles. The molecule has 0 radical (unpaired) electrons. The summed E-state index contributed by atoms with van der Waals surface area (Å²) in [7, 11) is 0. The lowest BCUT2D eigenvalue weighted by atomic mass is 10.1. The lowest BCUT2D eigenvalue weighted by Crippen LogP contribution is -2.31. The molecule has 2 N–H and O–H groups in total. The van der Waals surface area contributed by atoms with Crippen LogP contribution in [0.15, 0.2) is 41.0 Å². The molecule has 8 heteroatoms. The van der Waals surface area contributed by atoms with Crippen molar-refractivity contribution in [2.45, 2.75) is 38.8 Å². The summed E-state index contributed by atoms with van der Waals surface area (Å²) in [5.74, 6) is 0.514. The number of amides is 1. The second-order valence-electron chi connectivity index (χ2n) is 7.27. The molecule has 1 aliphatic rings. The van der Waals surface area contributed by atoms with Gasteiger partial charge in [0.05, 0.1) is 17.2 Å². The highest BCUT2D eigenvalue weighted by atomic mass is 16.6. The van der Waals surface area contributed by atoms with Gasteiger partial charge in [0.15, 0.2) is 0 Å². The third kappa shape index (κ3) is 4.69. The minimum absolute atomic E-state index is 0.000945. The Bertz CT molecular complexity index is 814. The predicted octanol–water partition coefficient (Wildman–Crippen LogP) is 3.58. The zero-order valence-corrected chi connectivity index (χ0v) is 16.2. The topological polar surface area (TPSA) is 101 Å². The monoisotopic (exact) mass is 386 g/mol. The van der Waals surface area contributed by atoms with Gasteiger partial charge in [-0.05, 0) is 64.0 Å². The van der Waals surface area contributed by atoms with Crippen LogP contribution in [0.1, 0.15) is 48.8 Å². The van der Waals surface area contributed by atoms with E-state index in [0.29, 0.717) is 12.2 Å². The van der Waals surface area contributed by atoms with Gasteiger partial charge in [-0.2, -0.15) is 0 Å². The van der Waals surface area contributed by atoms with Crippen LogP contribution in [0.5, 0.6) is 0 Å². The third-order valence-electron chi connectivity index (χ3n) is 4.82. The molecule has 28 heavy (non-hydrogen) atoms. The Morgan fingerprint density at radius 1 is 1.29 bits per heavy atom. The maximum absolute atomic E-state index is 12.2. The zero-order chi connectivity index (χ0) is 20.1. The summed E-state index contributed by atoms with van der Waals surface area (Å²) in [6, 6.07) is 8.25. The molecule has 1 amide bonds. The molecule has 0 saturated carbocycles. The largest absolute Gasteiger partial charge is 0.468 e. The van der Waals surface area contributed by atoms with Crippen molar-refractivity contribution >= 4 is 17.3 Å². The van der Waals surface area contributed by atoms with Crippen LogP contribution in [0.25, 0.3) is 0 Å². The predicted molar refractivity (Wildman–Crippen MR) is 106 cm³/mol. The molecular weight excluding hydrogens is 360 g/mol. The highest BCUT2D eigenvalue weighted by Gasteiger charge is 2.26.